The molecule has 0 radical (unpaired) electrons. The highest BCUT2D eigenvalue weighted by Gasteiger charge is 2.12. The summed E-state index contributed by atoms with van der Waals surface area (Å²) >= 11 is 9.34. The molecule has 0 aliphatic heterocycles. The number of carbonyl (C=O) groups is 1. The summed E-state index contributed by atoms with van der Waals surface area (Å²) in [6.45, 7) is 0.403. The van der Waals surface area contributed by atoms with Gasteiger partial charge in [-0.1, -0.05) is 51.8 Å². The number of hydrogen-bond donors (Lipinski definition) is 1. The quantitative estimate of drug-likeness (QED) is 0.366. The molecule has 0 aromatic heterocycles. The molecule has 1 N–H and O–H groups in total. The van der Waals surface area contributed by atoms with Gasteiger partial charge in [-0.15, -0.1) is 0 Å². The van der Waals surface area contributed by atoms with Crippen LogP contribution in [0.3, 0.4) is 0 Å². The molecule has 0 heterocycles. The Hall–Kier alpha value is -2.83. The van der Waals surface area contributed by atoms with E-state index in [0.717, 1.165) is 15.6 Å². The van der Waals surface area contributed by atoms with Crippen LogP contribution in [-0.2, 0) is 6.61 Å². The van der Waals surface area contributed by atoms with Gasteiger partial charge >= 0.3 is 0 Å². The molecule has 3 aromatic carbocycles. The van der Waals surface area contributed by atoms with Crippen LogP contribution in [0.2, 0.25) is 5.02 Å². The summed E-state index contributed by atoms with van der Waals surface area (Å²) in [7, 11) is 1.51. The van der Waals surface area contributed by atoms with Crippen LogP contribution in [-0.4, -0.2) is 19.2 Å². The molecule has 148 valence electrons. The summed E-state index contributed by atoms with van der Waals surface area (Å²) in [5.74, 6) is 0.791. The van der Waals surface area contributed by atoms with Crippen LogP contribution in [0.5, 0.6) is 11.5 Å². The zero-order chi connectivity index (χ0) is 20.6. The maximum atomic E-state index is 12.4. The number of nitrogens with zero attached hydrogens (tertiary/aromatic N) is 1. The van der Waals surface area contributed by atoms with Crippen molar-refractivity contribution in [1.29, 1.82) is 0 Å². The number of halogens is 2. The van der Waals surface area contributed by atoms with Gasteiger partial charge in [0.1, 0.15) is 18.1 Å². The van der Waals surface area contributed by atoms with Crippen molar-refractivity contribution in [3.8, 4) is 11.5 Å². The lowest BCUT2D eigenvalue weighted by Crippen LogP contribution is -2.18. The molecule has 0 fully saturated rings. The molecule has 3 aromatic rings. The van der Waals surface area contributed by atoms with E-state index in [2.05, 4.69) is 26.5 Å². The number of hydrogen-bond acceptors (Lipinski definition) is 4. The van der Waals surface area contributed by atoms with Crippen molar-refractivity contribution in [3.63, 3.8) is 0 Å². The molecule has 0 saturated carbocycles. The molecule has 0 aliphatic rings. The van der Waals surface area contributed by atoms with E-state index >= 15 is 0 Å². The van der Waals surface area contributed by atoms with Gasteiger partial charge < -0.3 is 9.47 Å². The first-order chi connectivity index (χ1) is 14.0. The van der Waals surface area contributed by atoms with Crippen molar-refractivity contribution in [2.75, 3.05) is 7.11 Å². The number of carbonyl (C=O) groups excluding carboxylic acids is 1. The van der Waals surface area contributed by atoms with E-state index in [4.69, 9.17) is 21.1 Å². The van der Waals surface area contributed by atoms with Crippen LogP contribution in [0.1, 0.15) is 21.5 Å². The second kappa shape index (κ2) is 10.1. The molecule has 5 nitrogen and oxygen atoms in total. The Morgan fingerprint density at radius 3 is 2.76 bits per heavy atom. The second-order valence-electron chi connectivity index (χ2n) is 6.03. The van der Waals surface area contributed by atoms with Crippen LogP contribution in [0.25, 0.3) is 0 Å². The Morgan fingerprint density at radius 1 is 1.14 bits per heavy atom. The Morgan fingerprint density at radius 2 is 1.97 bits per heavy atom. The van der Waals surface area contributed by atoms with Crippen molar-refractivity contribution in [2.24, 2.45) is 5.10 Å². The smallest absolute Gasteiger partial charge is 0.275 e. The van der Waals surface area contributed by atoms with E-state index in [0.29, 0.717) is 28.7 Å². The van der Waals surface area contributed by atoms with Crippen LogP contribution < -0.4 is 14.9 Å². The third-order valence-electron chi connectivity index (χ3n) is 3.94. The summed E-state index contributed by atoms with van der Waals surface area (Å²) in [6, 6.07) is 20.1. The maximum Gasteiger partial charge on any atom is 0.275 e. The van der Waals surface area contributed by atoms with Crippen molar-refractivity contribution in [2.45, 2.75) is 6.61 Å². The van der Waals surface area contributed by atoms with Crippen molar-refractivity contribution < 1.29 is 14.3 Å². The molecule has 0 unspecified atom stereocenters. The van der Waals surface area contributed by atoms with Gasteiger partial charge in [-0.25, -0.2) is 5.43 Å². The minimum Gasteiger partial charge on any atom is -0.496 e. The predicted octanol–water partition coefficient (Wildman–Crippen LogP) is 5.45. The normalized spacial score (nSPS) is 10.7. The van der Waals surface area contributed by atoms with Crippen molar-refractivity contribution >= 4 is 39.7 Å². The zero-order valence-electron chi connectivity index (χ0n) is 15.6. The first-order valence-corrected chi connectivity index (χ1v) is 9.86. The number of methoxy groups -OCH3 is 1. The lowest BCUT2D eigenvalue weighted by atomic mass is 10.2. The van der Waals surface area contributed by atoms with E-state index in [1.165, 1.54) is 7.11 Å². The topological polar surface area (TPSA) is 59.9 Å². The van der Waals surface area contributed by atoms with Gasteiger partial charge in [0, 0.05) is 9.50 Å². The molecule has 0 aliphatic carbocycles. The second-order valence-corrected chi connectivity index (χ2v) is 7.39. The van der Waals surface area contributed by atoms with Gasteiger partial charge in [-0.2, -0.15) is 5.10 Å². The number of hydrazone groups is 1. The fourth-order valence-corrected chi connectivity index (χ4v) is 3.14. The SMILES string of the molecule is COc1ccc(Br)cc1C(=O)N/N=C\c1cccc(OCc2cccc(Cl)c2)c1. The van der Waals surface area contributed by atoms with Gasteiger partial charge in [-0.05, 0) is 53.6 Å². The molecular formula is C22H18BrClN2O3. The van der Waals surface area contributed by atoms with Crippen LogP contribution in [0.4, 0.5) is 0 Å². The Labute approximate surface area is 182 Å². The standard InChI is InChI=1S/C22H18BrClN2O3/c1-28-21-9-8-17(23)12-20(21)22(27)26-25-13-15-4-3-7-19(11-15)29-14-16-5-2-6-18(24)10-16/h2-13H,14H2,1H3,(H,26,27)/b25-13-. The molecule has 3 rings (SSSR count). The maximum absolute atomic E-state index is 12.4. The van der Waals surface area contributed by atoms with E-state index in [1.807, 2.05) is 48.5 Å². The lowest BCUT2D eigenvalue weighted by Gasteiger charge is -2.08. The summed E-state index contributed by atoms with van der Waals surface area (Å²) < 4.78 is 11.8. The highest BCUT2D eigenvalue weighted by molar-refractivity contribution is 9.10. The summed E-state index contributed by atoms with van der Waals surface area (Å²) in [5, 5.41) is 4.70. The minimum absolute atomic E-state index is 0.368. The first-order valence-electron chi connectivity index (χ1n) is 8.69. The molecule has 0 saturated heterocycles. The molecule has 29 heavy (non-hydrogen) atoms. The van der Waals surface area contributed by atoms with E-state index in [1.54, 1.807) is 24.4 Å². The van der Waals surface area contributed by atoms with Crippen molar-refractivity contribution in [3.05, 3.63) is 92.9 Å². The highest BCUT2D eigenvalue weighted by Crippen LogP contribution is 2.23. The predicted molar refractivity (Wildman–Crippen MR) is 118 cm³/mol. The number of amides is 1. The number of benzene rings is 3. The molecule has 0 spiro atoms. The number of nitrogens with one attached hydrogen (secondary N) is 1. The average molecular weight is 474 g/mol. The van der Waals surface area contributed by atoms with Crippen molar-refractivity contribution in [1.82, 2.24) is 5.43 Å². The van der Waals surface area contributed by atoms with Gasteiger partial charge in [0.25, 0.3) is 5.91 Å². The third kappa shape index (κ3) is 6.07. The third-order valence-corrected chi connectivity index (χ3v) is 4.67. The Bertz CT molecular complexity index is 1040. The molecule has 1 amide bonds. The summed E-state index contributed by atoms with van der Waals surface area (Å²) in [5.41, 5.74) is 4.66. The van der Waals surface area contributed by atoms with Crippen LogP contribution in [0.15, 0.2) is 76.3 Å². The number of rotatable bonds is 7. The van der Waals surface area contributed by atoms with Gasteiger partial charge in [0.15, 0.2) is 0 Å². The minimum atomic E-state index is -0.368. The monoisotopic (exact) mass is 472 g/mol. The molecule has 7 heteroatoms. The lowest BCUT2D eigenvalue weighted by molar-refractivity contribution is 0.0952. The summed E-state index contributed by atoms with van der Waals surface area (Å²) in [6.07, 6.45) is 1.55. The van der Waals surface area contributed by atoms with Gasteiger partial charge in [0.2, 0.25) is 0 Å². The first kappa shape index (κ1) is 20.9. The molecule has 0 atom stereocenters. The fourth-order valence-electron chi connectivity index (χ4n) is 2.56. The highest BCUT2D eigenvalue weighted by atomic mass is 79.9. The average Bonchev–Trinajstić information content (AvgIpc) is 2.72. The fraction of sp³-hybridized carbons (Fsp3) is 0.0909. The Kier molecular flexibility index (Phi) is 7.27. The van der Waals surface area contributed by atoms with Crippen LogP contribution >= 0.6 is 27.5 Å². The van der Waals surface area contributed by atoms with Crippen LogP contribution in [0, 0.1) is 0 Å². The van der Waals surface area contributed by atoms with Gasteiger partial charge in [0.05, 0.1) is 18.9 Å². The largest absolute Gasteiger partial charge is 0.496 e. The molecule has 0 bridgehead atoms. The van der Waals surface area contributed by atoms with E-state index in [-0.39, 0.29) is 5.91 Å². The Balaban J connectivity index is 1.62. The van der Waals surface area contributed by atoms with E-state index in [9.17, 15) is 4.79 Å². The zero-order valence-corrected chi connectivity index (χ0v) is 17.9. The summed E-state index contributed by atoms with van der Waals surface area (Å²) in [4.78, 5) is 12.4. The van der Waals surface area contributed by atoms with E-state index < -0.39 is 0 Å². The van der Waals surface area contributed by atoms with Gasteiger partial charge in [-0.3, -0.25) is 4.79 Å². The number of ether oxygens (including phenoxy) is 2. The molecular weight excluding hydrogens is 456 g/mol.